The first-order valence-corrected chi connectivity index (χ1v) is 7.94. The molecule has 1 aliphatic rings. The topological polar surface area (TPSA) is 66.6 Å². The standard InChI is InChI=1S/C17H25N3O2.ClH/c1-14(18)17(22)20-11-5-10-19(12-13-20)16(21)9-8-15-6-3-2-4-7-15;/h2-4,6-7,14H,5,8-13,18H2,1H3;1H/t14-;/m0./s1. The molecule has 6 heteroatoms. The highest BCUT2D eigenvalue weighted by Gasteiger charge is 2.23. The smallest absolute Gasteiger partial charge is 0.239 e. The Morgan fingerprint density at radius 2 is 1.70 bits per heavy atom. The van der Waals surface area contributed by atoms with Gasteiger partial charge < -0.3 is 15.5 Å². The molecular weight excluding hydrogens is 314 g/mol. The summed E-state index contributed by atoms with van der Waals surface area (Å²) in [5.41, 5.74) is 6.83. The lowest BCUT2D eigenvalue weighted by atomic mass is 10.1. The van der Waals surface area contributed by atoms with E-state index in [1.54, 1.807) is 11.8 Å². The van der Waals surface area contributed by atoms with Gasteiger partial charge in [-0.25, -0.2) is 0 Å². The zero-order valence-electron chi connectivity index (χ0n) is 13.6. The Kier molecular flexibility index (Phi) is 8.06. The van der Waals surface area contributed by atoms with E-state index in [1.165, 1.54) is 5.56 Å². The second-order valence-electron chi connectivity index (χ2n) is 5.83. The molecule has 0 aromatic heterocycles. The average Bonchev–Trinajstić information content (AvgIpc) is 2.78. The quantitative estimate of drug-likeness (QED) is 0.902. The molecule has 128 valence electrons. The molecule has 1 aromatic carbocycles. The van der Waals surface area contributed by atoms with Gasteiger partial charge in [0.1, 0.15) is 0 Å². The van der Waals surface area contributed by atoms with Gasteiger partial charge in [0.15, 0.2) is 0 Å². The first kappa shape index (κ1) is 19.5. The normalized spacial score (nSPS) is 16.3. The number of carbonyl (C=O) groups excluding carboxylic acids is 2. The molecule has 1 aliphatic heterocycles. The van der Waals surface area contributed by atoms with Gasteiger partial charge in [-0.15, -0.1) is 12.4 Å². The molecule has 0 spiro atoms. The molecule has 0 aliphatic carbocycles. The highest BCUT2D eigenvalue weighted by Crippen LogP contribution is 2.09. The fraction of sp³-hybridized carbons (Fsp3) is 0.529. The van der Waals surface area contributed by atoms with Gasteiger partial charge in [0, 0.05) is 32.6 Å². The number of rotatable bonds is 4. The molecule has 1 fully saturated rings. The molecule has 23 heavy (non-hydrogen) atoms. The van der Waals surface area contributed by atoms with Gasteiger partial charge in [0.2, 0.25) is 11.8 Å². The maximum absolute atomic E-state index is 12.3. The molecule has 0 bridgehead atoms. The minimum absolute atomic E-state index is 0. The summed E-state index contributed by atoms with van der Waals surface area (Å²) in [4.78, 5) is 27.9. The summed E-state index contributed by atoms with van der Waals surface area (Å²) in [6, 6.07) is 9.56. The number of halogens is 1. The predicted octanol–water partition coefficient (Wildman–Crippen LogP) is 1.45. The van der Waals surface area contributed by atoms with Crippen molar-refractivity contribution in [2.45, 2.75) is 32.2 Å². The van der Waals surface area contributed by atoms with Gasteiger partial charge in [0.25, 0.3) is 0 Å². The van der Waals surface area contributed by atoms with E-state index in [0.717, 1.165) is 19.4 Å². The summed E-state index contributed by atoms with van der Waals surface area (Å²) in [5, 5.41) is 0. The average molecular weight is 340 g/mol. The van der Waals surface area contributed by atoms with Crippen LogP contribution < -0.4 is 5.73 Å². The van der Waals surface area contributed by atoms with Gasteiger partial charge in [-0.3, -0.25) is 9.59 Å². The van der Waals surface area contributed by atoms with E-state index in [2.05, 4.69) is 0 Å². The van der Waals surface area contributed by atoms with Crippen LogP contribution in [0.2, 0.25) is 0 Å². The summed E-state index contributed by atoms with van der Waals surface area (Å²) in [7, 11) is 0. The van der Waals surface area contributed by atoms with E-state index >= 15 is 0 Å². The Bertz CT molecular complexity index is 508. The van der Waals surface area contributed by atoms with Crippen molar-refractivity contribution >= 4 is 24.2 Å². The molecule has 2 N–H and O–H groups in total. The van der Waals surface area contributed by atoms with Crippen LogP contribution in [-0.4, -0.2) is 53.8 Å². The summed E-state index contributed by atoms with van der Waals surface area (Å²) < 4.78 is 0. The molecule has 2 rings (SSSR count). The minimum Gasteiger partial charge on any atom is -0.341 e. The lowest BCUT2D eigenvalue weighted by molar-refractivity contribution is -0.134. The van der Waals surface area contributed by atoms with Crippen molar-refractivity contribution in [1.29, 1.82) is 0 Å². The number of nitrogens with zero attached hydrogens (tertiary/aromatic N) is 2. The number of carbonyl (C=O) groups is 2. The number of hydrogen-bond donors (Lipinski definition) is 1. The Hall–Kier alpha value is -1.59. The molecule has 1 aromatic rings. The zero-order chi connectivity index (χ0) is 15.9. The van der Waals surface area contributed by atoms with Crippen LogP contribution in [0.4, 0.5) is 0 Å². The molecule has 1 saturated heterocycles. The number of aryl methyl sites for hydroxylation is 1. The maximum Gasteiger partial charge on any atom is 0.239 e. The third kappa shape index (κ3) is 5.84. The second kappa shape index (κ2) is 9.53. The molecule has 2 amide bonds. The fourth-order valence-electron chi connectivity index (χ4n) is 2.73. The monoisotopic (exact) mass is 339 g/mol. The number of amides is 2. The van der Waals surface area contributed by atoms with Crippen molar-refractivity contribution in [3.8, 4) is 0 Å². The third-order valence-electron chi connectivity index (χ3n) is 4.02. The van der Waals surface area contributed by atoms with E-state index in [-0.39, 0.29) is 24.2 Å². The minimum atomic E-state index is -0.472. The van der Waals surface area contributed by atoms with Crippen molar-refractivity contribution in [2.24, 2.45) is 5.73 Å². The Morgan fingerprint density at radius 3 is 2.35 bits per heavy atom. The largest absolute Gasteiger partial charge is 0.341 e. The molecule has 1 atom stereocenters. The zero-order valence-corrected chi connectivity index (χ0v) is 14.4. The van der Waals surface area contributed by atoms with Crippen LogP contribution in [-0.2, 0) is 16.0 Å². The van der Waals surface area contributed by atoms with Crippen molar-refractivity contribution < 1.29 is 9.59 Å². The van der Waals surface area contributed by atoms with Crippen LogP contribution in [0, 0.1) is 0 Å². The molecule has 5 nitrogen and oxygen atoms in total. The summed E-state index contributed by atoms with van der Waals surface area (Å²) in [6.07, 6.45) is 2.10. The van der Waals surface area contributed by atoms with E-state index in [4.69, 9.17) is 5.73 Å². The van der Waals surface area contributed by atoms with Crippen LogP contribution in [0.15, 0.2) is 30.3 Å². The Morgan fingerprint density at radius 1 is 1.09 bits per heavy atom. The molecule has 0 radical (unpaired) electrons. The lowest BCUT2D eigenvalue weighted by Crippen LogP contribution is -2.44. The first-order valence-electron chi connectivity index (χ1n) is 7.94. The Balaban J connectivity index is 0.00000264. The van der Waals surface area contributed by atoms with Crippen LogP contribution in [0.25, 0.3) is 0 Å². The summed E-state index contributed by atoms with van der Waals surface area (Å²) in [5.74, 6) is 0.137. The molecule has 0 saturated carbocycles. The van der Waals surface area contributed by atoms with Crippen LogP contribution in [0.3, 0.4) is 0 Å². The van der Waals surface area contributed by atoms with Gasteiger partial charge in [0.05, 0.1) is 6.04 Å². The highest BCUT2D eigenvalue weighted by atomic mass is 35.5. The SMILES string of the molecule is C[C@H](N)C(=O)N1CCCN(C(=O)CCc2ccccc2)CC1.Cl. The van der Waals surface area contributed by atoms with Crippen molar-refractivity contribution in [2.75, 3.05) is 26.2 Å². The number of hydrogen-bond acceptors (Lipinski definition) is 3. The Labute approximate surface area is 144 Å². The number of benzene rings is 1. The van der Waals surface area contributed by atoms with Crippen LogP contribution in [0.5, 0.6) is 0 Å². The number of nitrogens with two attached hydrogens (primary N) is 1. The highest BCUT2D eigenvalue weighted by molar-refractivity contribution is 5.85. The summed E-state index contributed by atoms with van der Waals surface area (Å²) >= 11 is 0. The molecular formula is C17H26ClN3O2. The van der Waals surface area contributed by atoms with Gasteiger partial charge >= 0.3 is 0 Å². The maximum atomic E-state index is 12.3. The van der Waals surface area contributed by atoms with Crippen molar-refractivity contribution in [1.82, 2.24) is 9.80 Å². The van der Waals surface area contributed by atoms with E-state index < -0.39 is 6.04 Å². The van der Waals surface area contributed by atoms with E-state index in [9.17, 15) is 9.59 Å². The summed E-state index contributed by atoms with van der Waals surface area (Å²) in [6.45, 7) is 4.29. The molecule has 0 unspecified atom stereocenters. The fourth-order valence-corrected chi connectivity index (χ4v) is 2.73. The van der Waals surface area contributed by atoms with Gasteiger partial charge in [-0.1, -0.05) is 30.3 Å². The predicted molar refractivity (Wildman–Crippen MR) is 93.4 cm³/mol. The van der Waals surface area contributed by atoms with Gasteiger partial charge in [-0.05, 0) is 25.3 Å². The van der Waals surface area contributed by atoms with Crippen molar-refractivity contribution in [3.63, 3.8) is 0 Å². The van der Waals surface area contributed by atoms with Crippen molar-refractivity contribution in [3.05, 3.63) is 35.9 Å². The second-order valence-corrected chi connectivity index (χ2v) is 5.83. The lowest BCUT2D eigenvalue weighted by Gasteiger charge is -2.23. The third-order valence-corrected chi connectivity index (χ3v) is 4.02. The first-order chi connectivity index (χ1) is 10.6. The van der Waals surface area contributed by atoms with Gasteiger partial charge in [-0.2, -0.15) is 0 Å². The molecule has 1 heterocycles. The van der Waals surface area contributed by atoms with Crippen LogP contribution >= 0.6 is 12.4 Å². The van der Waals surface area contributed by atoms with E-state index in [0.29, 0.717) is 26.1 Å². The van der Waals surface area contributed by atoms with Crippen LogP contribution in [0.1, 0.15) is 25.3 Å². The van der Waals surface area contributed by atoms with E-state index in [1.807, 2.05) is 35.2 Å².